The number of nitrogens with one attached hydrogen (secondary N) is 1. The molecule has 120 valence electrons. The van der Waals surface area contributed by atoms with Crippen LogP contribution in [0.5, 0.6) is 0 Å². The highest BCUT2D eigenvalue weighted by atomic mass is 16.2. The molecule has 1 saturated carbocycles. The average molecular weight is 301 g/mol. The molecule has 1 aromatic carbocycles. The van der Waals surface area contributed by atoms with Gasteiger partial charge in [0.1, 0.15) is 0 Å². The molecule has 2 amide bonds. The molecule has 0 radical (unpaired) electrons. The first kappa shape index (κ1) is 15.3. The van der Waals surface area contributed by atoms with E-state index in [1.54, 1.807) is 4.90 Å². The van der Waals surface area contributed by atoms with E-state index in [-0.39, 0.29) is 6.03 Å². The summed E-state index contributed by atoms with van der Waals surface area (Å²) in [6.07, 6.45) is 3.68. The van der Waals surface area contributed by atoms with Crippen molar-refractivity contribution in [2.45, 2.75) is 24.7 Å². The molecular formula is C18H27N3O. The summed E-state index contributed by atoms with van der Waals surface area (Å²) in [6.45, 7) is 2.46. The maximum Gasteiger partial charge on any atom is 0.317 e. The second kappa shape index (κ2) is 5.92. The molecule has 0 unspecified atom stereocenters. The second-order valence-electron chi connectivity index (χ2n) is 7.13. The van der Waals surface area contributed by atoms with Crippen LogP contribution >= 0.6 is 0 Å². The van der Waals surface area contributed by atoms with Gasteiger partial charge in [0.05, 0.1) is 0 Å². The number of amides is 2. The molecule has 0 saturated heterocycles. The van der Waals surface area contributed by atoms with E-state index in [2.05, 4.69) is 34.5 Å². The van der Waals surface area contributed by atoms with Gasteiger partial charge in [-0.15, -0.1) is 0 Å². The van der Waals surface area contributed by atoms with E-state index in [1.807, 2.05) is 21.1 Å². The zero-order valence-electron chi connectivity index (χ0n) is 13.9. The molecule has 3 rings (SSSR count). The molecule has 2 aliphatic rings. The Balaban J connectivity index is 1.50. The number of aryl methyl sites for hydroxylation is 1. The van der Waals surface area contributed by atoms with Gasteiger partial charge in [-0.25, -0.2) is 4.79 Å². The third-order valence-corrected chi connectivity index (χ3v) is 5.36. The highest BCUT2D eigenvalue weighted by Gasteiger charge is 2.57. The summed E-state index contributed by atoms with van der Waals surface area (Å²) in [5.41, 5.74) is 3.42. The lowest BCUT2D eigenvalue weighted by molar-refractivity contribution is 0.203. The monoisotopic (exact) mass is 301 g/mol. The minimum atomic E-state index is 0.0511. The Morgan fingerprint density at radius 3 is 2.82 bits per heavy atom. The van der Waals surface area contributed by atoms with Crippen LogP contribution in [0.25, 0.3) is 0 Å². The summed E-state index contributed by atoms with van der Waals surface area (Å²) < 4.78 is 0. The van der Waals surface area contributed by atoms with Crippen molar-refractivity contribution in [1.29, 1.82) is 0 Å². The van der Waals surface area contributed by atoms with Crippen LogP contribution in [0.1, 0.15) is 24.0 Å². The molecule has 0 bridgehead atoms. The van der Waals surface area contributed by atoms with E-state index in [0.29, 0.717) is 11.3 Å². The normalized spacial score (nSPS) is 25.4. The van der Waals surface area contributed by atoms with Gasteiger partial charge in [-0.3, -0.25) is 0 Å². The van der Waals surface area contributed by atoms with Crippen LogP contribution in [-0.4, -0.2) is 56.6 Å². The van der Waals surface area contributed by atoms with E-state index in [1.165, 1.54) is 30.4 Å². The van der Waals surface area contributed by atoms with Gasteiger partial charge in [-0.05, 0) is 50.4 Å². The Bertz CT molecular complexity index is 557. The largest absolute Gasteiger partial charge is 0.338 e. The standard InChI is InChI=1S/C18H27N3O/c1-20(2)10-11-21(3)17(22)19-13-15-12-18(15)9-8-14-6-4-5-7-16(14)18/h4-7,15H,8-13H2,1-3H3,(H,19,22)/t15-,18-/m1/s1. The fourth-order valence-electron chi connectivity index (χ4n) is 3.80. The Morgan fingerprint density at radius 2 is 2.05 bits per heavy atom. The predicted molar refractivity (Wildman–Crippen MR) is 89.1 cm³/mol. The minimum absolute atomic E-state index is 0.0511. The van der Waals surface area contributed by atoms with Crippen molar-refractivity contribution in [3.8, 4) is 0 Å². The van der Waals surface area contributed by atoms with Crippen molar-refractivity contribution in [2.24, 2.45) is 5.92 Å². The maximum atomic E-state index is 12.1. The van der Waals surface area contributed by atoms with Gasteiger partial charge in [0, 0.05) is 32.1 Å². The number of carbonyl (C=O) groups excluding carboxylic acids is 1. The number of likely N-dealkylation sites (N-methyl/N-ethyl adjacent to an activating group) is 2. The van der Waals surface area contributed by atoms with Crippen LogP contribution in [0, 0.1) is 5.92 Å². The maximum absolute atomic E-state index is 12.1. The van der Waals surface area contributed by atoms with Gasteiger partial charge in [0.15, 0.2) is 0 Å². The summed E-state index contributed by atoms with van der Waals surface area (Å²) in [5, 5.41) is 3.12. The zero-order chi connectivity index (χ0) is 15.7. The van der Waals surface area contributed by atoms with Gasteiger partial charge in [-0.2, -0.15) is 0 Å². The van der Waals surface area contributed by atoms with Crippen molar-refractivity contribution in [3.63, 3.8) is 0 Å². The van der Waals surface area contributed by atoms with Gasteiger partial charge in [0.25, 0.3) is 0 Å². The van der Waals surface area contributed by atoms with E-state index in [0.717, 1.165) is 19.6 Å². The zero-order valence-corrected chi connectivity index (χ0v) is 13.9. The highest BCUT2D eigenvalue weighted by Crippen LogP contribution is 2.61. The molecule has 4 nitrogen and oxygen atoms in total. The van der Waals surface area contributed by atoms with E-state index >= 15 is 0 Å². The number of hydrogen-bond donors (Lipinski definition) is 1. The number of rotatable bonds is 5. The number of benzene rings is 1. The topological polar surface area (TPSA) is 35.6 Å². The molecule has 1 N–H and O–H groups in total. The van der Waals surface area contributed by atoms with Gasteiger partial charge >= 0.3 is 6.03 Å². The predicted octanol–water partition coefficient (Wildman–Crippen LogP) is 2.09. The Labute approximate surface area is 133 Å². The molecule has 2 aliphatic carbocycles. The van der Waals surface area contributed by atoms with Crippen molar-refractivity contribution in [2.75, 3.05) is 40.8 Å². The van der Waals surface area contributed by atoms with Gasteiger partial charge in [-0.1, -0.05) is 24.3 Å². The lowest BCUT2D eigenvalue weighted by Crippen LogP contribution is -2.41. The SMILES string of the molecule is CN(C)CCN(C)C(=O)NC[C@H]1C[C@]12CCc1ccccc12. The van der Waals surface area contributed by atoms with Crippen molar-refractivity contribution >= 4 is 6.03 Å². The van der Waals surface area contributed by atoms with Crippen LogP contribution in [0.4, 0.5) is 4.79 Å². The van der Waals surface area contributed by atoms with Crippen LogP contribution in [0.15, 0.2) is 24.3 Å². The molecule has 1 spiro atoms. The Hall–Kier alpha value is -1.55. The third-order valence-electron chi connectivity index (χ3n) is 5.36. The Morgan fingerprint density at radius 1 is 1.27 bits per heavy atom. The fourth-order valence-corrected chi connectivity index (χ4v) is 3.80. The first-order valence-electron chi connectivity index (χ1n) is 8.25. The van der Waals surface area contributed by atoms with Crippen LogP contribution in [-0.2, 0) is 11.8 Å². The van der Waals surface area contributed by atoms with E-state index in [9.17, 15) is 4.79 Å². The van der Waals surface area contributed by atoms with Crippen LogP contribution < -0.4 is 5.32 Å². The molecule has 22 heavy (non-hydrogen) atoms. The quantitative estimate of drug-likeness (QED) is 0.904. The van der Waals surface area contributed by atoms with Crippen molar-refractivity contribution in [3.05, 3.63) is 35.4 Å². The lowest BCUT2D eigenvalue weighted by atomic mass is 9.95. The highest BCUT2D eigenvalue weighted by molar-refractivity contribution is 5.73. The van der Waals surface area contributed by atoms with Crippen molar-refractivity contribution in [1.82, 2.24) is 15.1 Å². The molecule has 0 aromatic heterocycles. The molecule has 4 heteroatoms. The van der Waals surface area contributed by atoms with Gasteiger partial charge < -0.3 is 15.1 Å². The first-order valence-corrected chi connectivity index (χ1v) is 8.25. The molecule has 2 atom stereocenters. The summed E-state index contributed by atoms with van der Waals surface area (Å²) in [4.78, 5) is 16.0. The number of hydrogen-bond acceptors (Lipinski definition) is 2. The number of carbonyl (C=O) groups is 1. The Kier molecular flexibility index (Phi) is 4.13. The van der Waals surface area contributed by atoms with Gasteiger partial charge in [0.2, 0.25) is 0 Å². The summed E-state index contributed by atoms with van der Waals surface area (Å²) in [7, 11) is 5.92. The van der Waals surface area contributed by atoms with E-state index in [4.69, 9.17) is 0 Å². The summed E-state index contributed by atoms with van der Waals surface area (Å²) in [5.74, 6) is 0.613. The number of nitrogens with zero attached hydrogens (tertiary/aromatic N) is 2. The number of urea groups is 1. The molecule has 1 fully saturated rings. The number of fused-ring (bicyclic) bond motifs is 2. The molecule has 0 aliphatic heterocycles. The molecule has 1 aromatic rings. The average Bonchev–Trinajstić information content (AvgIpc) is 3.09. The van der Waals surface area contributed by atoms with Crippen LogP contribution in [0.2, 0.25) is 0 Å². The van der Waals surface area contributed by atoms with Crippen LogP contribution in [0.3, 0.4) is 0 Å². The molecule has 0 heterocycles. The second-order valence-corrected chi connectivity index (χ2v) is 7.13. The minimum Gasteiger partial charge on any atom is -0.338 e. The van der Waals surface area contributed by atoms with Crippen molar-refractivity contribution < 1.29 is 4.79 Å². The fraction of sp³-hybridized carbons (Fsp3) is 0.611. The lowest BCUT2D eigenvalue weighted by Gasteiger charge is -2.20. The third kappa shape index (κ3) is 2.84. The molecular weight excluding hydrogens is 274 g/mol. The summed E-state index contributed by atoms with van der Waals surface area (Å²) >= 11 is 0. The summed E-state index contributed by atoms with van der Waals surface area (Å²) in [6, 6.07) is 8.88. The smallest absolute Gasteiger partial charge is 0.317 e. The first-order chi connectivity index (χ1) is 10.5. The van der Waals surface area contributed by atoms with E-state index < -0.39 is 0 Å².